The molecule has 35 heavy (non-hydrogen) atoms. The minimum absolute atomic E-state index is 0.0708. The molecule has 2 fully saturated rings. The number of nitrogen functional groups attached to an aromatic ring is 1. The van der Waals surface area contributed by atoms with Gasteiger partial charge in [-0.25, -0.2) is 9.78 Å². The van der Waals surface area contributed by atoms with Crippen molar-refractivity contribution in [2.75, 3.05) is 59.7 Å². The van der Waals surface area contributed by atoms with Crippen molar-refractivity contribution < 1.29 is 14.3 Å². The molecule has 10 heteroatoms. The smallest absolute Gasteiger partial charge is 0.414 e. The summed E-state index contributed by atoms with van der Waals surface area (Å²) in [5.74, 6) is 0.873. The molecule has 2 aliphatic heterocycles. The van der Waals surface area contributed by atoms with Gasteiger partial charge in [0.1, 0.15) is 11.9 Å². The molecule has 3 N–H and O–H groups in total. The van der Waals surface area contributed by atoms with Gasteiger partial charge in [0.25, 0.3) is 0 Å². The average Bonchev–Trinajstić information content (AvgIpc) is 3.53. The van der Waals surface area contributed by atoms with Crippen molar-refractivity contribution in [2.45, 2.75) is 12.5 Å². The number of aromatic nitrogens is 1. The van der Waals surface area contributed by atoms with Crippen molar-refractivity contribution in [3.05, 3.63) is 65.0 Å². The molecule has 0 radical (unpaired) electrons. The molecule has 2 amide bonds. The third-order valence-electron chi connectivity index (χ3n) is 6.22. The Kier molecular flexibility index (Phi) is 6.71. The minimum Gasteiger partial charge on any atom is -0.442 e. The van der Waals surface area contributed by atoms with Crippen LogP contribution in [0.4, 0.5) is 27.7 Å². The second-order valence-corrected chi connectivity index (χ2v) is 9.65. The normalized spacial score (nSPS) is 18.0. The van der Waals surface area contributed by atoms with Gasteiger partial charge in [-0.1, -0.05) is 6.07 Å². The predicted octanol–water partition coefficient (Wildman–Crippen LogP) is 2.74. The van der Waals surface area contributed by atoms with E-state index in [0.29, 0.717) is 25.2 Å². The van der Waals surface area contributed by atoms with E-state index in [2.05, 4.69) is 20.1 Å². The van der Waals surface area contributed by atoms with Crippen LogP contribution < -0.4 is 25.8 Å². The maximum atomic E-state index is 12.4. The number of carbonyl (C=O) groups is 2. The molecule has 2 aromatic heterocycles. The molecule has 0 spiro atoms. The minimum atomic E-state index is -0.389. The van der Waals surface area contributed by atoms with Gasteiger partial charge in [0.15, 0.2) is 0 Å². The maximum absolute atomic E-state index is 12.4. The molecule has 182 valence electrons. The van der Waals surface area contributed by atoms with Crippen molar-refractivity contribution in [1.29, 1.82) is 0 Å². The summed E-state index contributed by atoms with van der Waals surface area (Å²) in [6, 6.07) is 15.7. The van der Waals surface area contributed by atoms with Crippen LogP contribution in [0.25, 0.3) is 0 Å². The molecular weight excluding hydrogens is 464 g/mol. The van der Waals surface area contributed by atoms with Gasteiger partial charge in [0, 0.05) is 42.4 Å². The first-order valence-electron chi connectivity index (χ1n) is 11.6. The summed E-state index contributed by atoms with van der Waals surface area (Å²) in [6.07, 6.45) is 1.27. The summed E-state index contributed by atoms with van der Waals surface area (Å²) < 4.78 is 5.47. The van der Waals surface area contributed by atoms with Gasteiger partial charge in [0.2, 0.25) is 5.91 Å². The summed E-state index contributed by atoms with van der Waals surface area (Å²) >= 11 is 1.55. The molecule has 5 rings (SSSR count). The number of nitrogens with zero attached hydrogens (tertiary/aromatic N) is 4. The van der Waals surface area contributed by atoms with E-state index in [1.807, 2.05) is 53.9 Å². The van der Waals surface area contributed by atoms with Crippen LogP contribution in [-0.2, 0) is 16.0 Å². The Hall–Kier alpha value is -3.79. The van der Waals surface area contributed by atoms with Crippen molar-refractivity contribution >= 4 is 46.2 Å². The third kappa shape index (κ3) is 5.48. The number of carbonyl (C=O) groups excluding carboxylic acids is 2. The quantitative estimate of drug-likeness (QED) is 0.523. The third-order valence-corrected chi connectivity index (χ3v) is 7.09. The monoisotopic (exact) mass is 492 g/mol. The molecular formula is C25H28N6O3S. The zero-order valence-corrected chi connectivity index (χ0v) is 20.1. The number of thiophene rings is 1. The van der Waals surface area contributed by atoms with Gasteiger partial charge in [-0.3, -0.25) is 9.69 Å². The SMILES string of the molecule is Nc1ccc(N2CCN(c3ccc(N4CC(CNC(=O)Cc5cccs5)OC4=O)cc3)CC2)nc1. The molecule has 1 atom stereocenters. The number of benzene rings is 1. The summed E-state index contributed by atoms with van der Waals surface area (Å²) in [6.45, 7) is 4.21. The first-order chi connectivity index (χ1) is 17.0. The van der Waals surface area contributed by atoms with Gasteiger partial charge in [-0.05, 0) is 47.8 Å². The lowest BCUT2D eigenvalue weighted by Gasteiger charge is -2.36. The number of nitrogens with one attached hydrogen (secondary N) is 1. The Morgan fingerprint density at radius 2 is 1.80 bits per heavy atom. The summed E-state index contributed by atoms with van der Waals surface area (Å²) in [5, 5.41) is 4.82. The first-order valence-corrected chi connectivity index (χ1v) is 12.5. The van der Waals surface area contributed by atoms with Crippen molar-refractivity contribution in [1.82, 2.24) is 10.3 Å². The van der Waals surface area contributed by atoms with Crippen LogP contribution in [0.15, 0.2) is 60.1 Å². The summed E-state index contributed by atoms with van der Waals surface area (Å²) in [5.41, 5.74) is 8.31. The van der Waals surface area contributed by atoms with E-state index < -0.39 is 0 Å². The molecule has 0 saturated carbocycles. The van der Waals surface area contributed by atoms with E-state index in [1.54, 1.807) is 22.4 Å². The highest BCUT2D eigenvalue weighted by atomic mass is 32.1. The fourth-order valence-corrected chi connectivity index (χ4v) is 5.03. The van der Waals surface area contributed by atoms with Crippen molar-refractivity contribution in [3.8, 4) is 0 Å². The van der Waals surface area contributed by atoms with Gasteiger partial charge >= 0.3 is 6.09 Å². The Morgan fingerprint density at radius 3 is 2.49 bits per heavy atom. The highest BCUT2D eigenvalue weighted by Crippen LogP contribution is 2.26. The Morgan fingerprint density at radius 1 is 1.06 bits per heavy atom. The van der Waals surface area contributed by atoms with Crippen LogP contribution >= 0.6 is 11.3 Å². The number of hydrogen-bond acceptors (Lipinski definition) is 8. The molecule has 3 aromatic rings. The fourth-order valence-electron chi connectivity index (χ4n) is 4.32. The van der Waals surface area contributed by atoms with Gasteiger partial charge < -0.3 is 25.6 Å². The topological polar surface area (TPSA) is 104 Å². The van der Waals surface area contributed by atoms with Crippen molar-refractivity contribution in [2.24, 2.45) is 0 Å². The molecule has 1 unspecified atom stereocenters. The number of hydrogen-bond donors (Lipinski definition) is 2. The molecule has 1 aromatic carbocycles. The fraction of sp³-hybridized carbons (Fsp3) is 0.320. The number of cyclic esters (lactones) is 1. The number of ether oxygens (including phenoxy) is 1. The van der Waals surface area contributed by atoms with Crippen LogP contribution in [-0.4, -0.2) is 62.4 Å². The highest BCUT2D eigenvalue weighted by molar-refractivity contribution is 7.10. The number of rotatable bonds is 7. The average molecular weight is 493 g/mol. The maximum Gasteiger partial charge on any atom is 0.414 e. The number of amides is 2. The second-order valence-electron chi connectivity index (χ2n) is 8.62. The first kappa shape index (κ1) is 23.0. The molecule has 4 heterocycles. The van der Waals surface area contributed by atoms with Crippen LogP contribution in [0.2, 0.25) is 0 Å². The Balaban J connectivity index is 1.11. The molecule has 0 bridgehead atoms. The number of pyridine rings is 1. The lowest BCUT2D eigenvalue weighted by molar-refractivity contribution is -0.120. The van der Waals surface area contributed by atoms with Gasteiger partial charge in [-0.15, -0.1) is 11.3 Å². The van der Waals surface area contributed by atoms with E-state index in [0.717, 1.165) is 48.2 Å². The predicted molar refractivity (Wildman–Crippen MR) is 138 cm³/mol. The second kappa shape index (κ2) is 10.2. The summed E-state index contributed by atoms with van der Waals surface area (Å²) in [4.78, 5) is 36.2. The van der Waals surface area contributed by atoms with Crippen LogP contribution in [0.1, 0.15) is 4.88 Å². The number of anilines is 4. The standard InChI is InChI=1S/C25H28N6O3S/c26-18-3-8-23(27-15-18)30-11-9-29(10-12-30)19-4-6-20(7-5-19)31-17-21(34-25(31)33)16-28-24(32)14-22-2-1-13-35-22/h1-8,13,15,21H,9-12,14,16-17,26H2,(H,28,32). The lowest BCUT2D eigenvalue weighted by Crippen LogP contribution is -2.46. The number of piperazine rings is 1. The Bertz CT molecular complexity index is 1140. The van der Waals surface area contributed by atoms with Crippen LogP contribution in [0, 0.1) is 0 Å². The zero-order valence-electron chi connectivity index (χ0n) is 19.3. The molecule has 0 aliphatic carbocycles. The molecule has 2 aliphatic rings. The largest absolute Gasteiger partial charge is 0.442 e. The Labute approximate surface area is 208 Å². The van der Waals surface area contributed by atoms with E-state index in [-0.39, 0.29) is 18.1 Å². The van der Waals surface area contributed by atoms with Crippen molar-refractivity contribution in [3.63, 3.8) is 0 Å². The summed E-state index contributed by atoms with van der Waals surface area (Å²) in [7, 11) is 0. The zero-order chi connectivity index (χ0) is 24.2. The molecule has 9 nitrogen and oxygen atoms in total. The molecule has 2 saturated heterocycles. The van der Waals surface area contributed by atoms with Gasteiger partial charge in [-0.2, -0.15) is 0 Å². The van der Waals surface area contributed by atoms with E-state index in [9.17, 15) is 9.59 Å². The van der Waals surface area contributed by atoms with Crippen LogP contribution in [0.5, 0.6) is 0 Å². The highest BCUT2D eigenvalue weighted by Gasteiger charge is 2.32. The lowest BCUT2D eigenvalue weighted by atomic mass is 10.2. The van der Waals surface area contributed by atoms with E-state index >= 15 is 0 Å². The van der Waals surface area contributed by atoms with E-state index in [4.69, 9.17) is 10.5 Å². The van der Waals surface area contributed by atoms with Crippen LogP contribution in [0.3, 0.4) is 0 Å². The van der Waals surface area contributed by atoms with Gasteiger partial charge in [0.05, 0.1) is 31.4 Å². The van der Waals surface area contributed by atoms with E-state index in [1.165, 1.54) is 0 Å². The number of nitrogens with two attached hydrogens (primary N) is 1.